The van der Waals surface area contributed by atoms with Crippen LogP contribution in [0.25, 0.3) is 11.1 Å². The first-order valence-corrected chi connectivity index (χ1v) is 14.3. The summed E-state index contributed by atoms with van der Waals surface area (Å²) in [6, 6.07) is 10.2. The molecule has 1 amide bonds. The lowest BCUT2D eigenvalue weighted by molar-refractivity contribution is -0.148. The largest absolute Gasteiger partial charge is 0.510 e. The van der Waals surface area contributed by atoms with Gasteiger partial charge in [-0.3, -0.25) is 24.2 Å². The number of morpholine rings is 1. The fourth-order valence-corrected chi connectivity index (χ4v) is 7.38. The second-order valence-corrected chi connectivity index (χ2v) is 12.0. The van der Waals surface area contributed by atoms with Crippen LogP contribution in [0.3, 0.4) is 0 Å². The Morgan fingerprint density at radius 1 is 1.12 bits per heavy atom. The zero-order chi connectivity index (χ0) is 30.8. The summed E-state index contributed by atoms with van der Waals surface area (Å²) in [5.41, 5.74) is 5.05. The number of phenolic OH excluding ortho intramolecular Hbond substituents is 1. The quantitative estimate of drug-likeness (QED) is 0.323. The third kappa shape index (κ3) is 4.46. The average Bonchev–Trinajstić information content (AvgIpc) is 2.95. The number of ketones is 2. The van der Waals surface area contributed by atoms with Crippen molar-refractivity contribution in [3.05, 3.63) is 75.8 Å². The number of benzene rings is 2. The highest BCUT2D eigenvalue weighted by Gasteiger charge is 2.63. The summed E-state index contributed by atoms with van der Waals surface area (Å²) in [5.74, 6) is -6.65. The van der Waals surface area contributed by atoms with E-state index in [0.717, 1.165) is 36.3 Å². The van der Waals surface area contributed by atoms with Crippen molar-refractivity contribution in [1.29, 1.82) is 0 Å². The molecule has 0 aromatic heterocycles. The Labute approximate surface area is 248 Å². The van der Waals surface area contributed by atoms with Gasteiger partial charge in [0.1, 0.15) is 22.8 Å². The summed E-state index contributed by atoms with van der Waals surface area (Å²) in [6.07, 6.45) is 0.268. The summed E-state index contributed by atoms with van der Waals surface area (Å²) in [7, 11) is 3.21. The van der Waals surface area contributed by atoms with Gasteiger partial charge in [0.2, 0.25) is 5.78 Å². The second-order valence-electron chi connectivity index (χ2n) is 12.0. The number of phenols is 1. The Morgan fingerprint density at radius 2 is 1.84 bits per heavy atom. The maximum absolute atomic E-state index is 14.0. The van der Waals surface area contributed by atoms with Crippen molar-refractivity contribution in [3.8, 4) is 16.9 Å². The lowest BCUT2D eigenvalue weighted by Crippen LogP contribution is -2.63. The highest BCUT2D eigenvalue weighted by Crippen LogP contribution is 2.53. The minimum atomic E-state index is -2.66. The van der Waals surface area contributed by atoms with Crippen LogP contribution in [0.15, 0.2) is 59.1 Å². The van der Waals surface area contributed by atoms with E-state index in [9.17, 15) is 34.8 Å². The highest BCUT2D eigenvalue weighted by atomic mass is 16.5. The highest BCUT2D eigenvalue weighted by molar-refractivity contribution is 6.24. The Morgan fingerprint density at radius 3 is 2.51 bits per heavy atom. The molecule has 4 aliphatic rings. The van der Waals surface area contributed by atoms with Crippen molar-refractivity contribution in [2.75, 3.05) is 40.4 Å². The Bertz CT molecular complexity index is 1610. The Balaban J connectivity index is 1.45. The number of hydrogen-bond acceptors (Lipinski definition) is 10. The predicted molar refractivity (Wildman–Crippen MR) is 155 cm³/mol. The smallest absolute Gasteiger partial charge is 0.255 e. The molecular weight excluding hydrogens is 554 g/mol. The third-order valence-electron chi connectivity index (χ3n) is 9.35. The predicted octanol–water partition coefficient (Wildman–Crippen LogP) is 1.62. The number of nitrogens with zero attached hydrogens (tertiary/aromatic N) is 2. The van der Waals surface area contributed by atoms with Crippen molar-refractivity contribution < 1.29 is 39.5 Å². The van der Waals surface area contributed by atoms with E-state index in [4.69, 9.17) is 10.5 Å². The number of fused-ring (bicyclic) bond motifs is 3. The number of hydrogen-bond donors (Lipinski definition) is 5. The van der Waals surface area contributed by atoms with Crippen LogP contribution in [0.1, 0.15) is 27.9 Å². The molecule has 1 heterocycles. The fraction of sp³-hybridized carbons (Fsp3) is 0.406. The summed E-state index contributed by atoms with van der Waals surface area (Å²) < 4.78 is 5.46. The van der Waals surface area contributed by atoms with Crippen molar-refractivity contribution in [2.24, 2.45) is 17.6 Å². The van der Waals surface area contributed by atoms with Gasteiger partial charge >= 0.3 is 0 Å². The molecule has 43 heavy (non-hydrogen) atoms. The summed E-state index contributed by atoms with van der Waals surface area (Å²) in [4.78, 5) is 43.5. The van der Waals surface area contributed by atoms with E-state index in [1.54, 1.807) is 20.2 Å². The summed E-state index contributed by atoms with van der Waals surface area (Å²) in [6.45, 7) is 3.78. The normalized spacial score (nSPS) is 27.7. The van der Waals surface area contributed by atoms with E-state index in [1.165, 1.54) is 11.0 Å². The first kappa shape index (κ1) is 29.1. The number of aliphatic hydroxyl groups excluding tert-OH is 2. The van der Waals surface area contributed by atoms with E-state index in [1.807, 2.05) is 18.2 Å². The maximum Gasteiger partial charge on any atom is 0.255 e. The van der Waals surface area contributed by atoms with Gasteiger partial charge in [0, 0.05) is 31.1 Å². The molecule has 226 valence electrons. The van der Waals surface area contributed by atoms with Crippen molar-refractivity contribution >= 4 is 17.5 Å². The number of Topliss-reactive ketones (excluding diaryl/α,β-unsaturated/α-hetero) is 2. The standard InChI is InChI=1S/C32H35N3O8/c1-34(2)26-21-14-18-13-20-19(17-5-3-4-16(12-17)15-35-8-10-43-11-9-35)6-7-22(36)24(20)27(37)23(18)29(39)32(21,42)30(40)25(28(26)38)31(33)41/h3-7,12,18,21,26,36,38-39,42H,8-11,13-15H2,1-2H3,(H2,33,41)/t18-,21-,26-,32-/m1/s1. The van der Waals surface area contributed by atoms with Gasteiger partial charge in [-0.05, 0) is 67.2 Å². The van der Waals surface area contributed by atoms with E-state index in [2.05, 4.69) is 11.0 Å². The number of likely N-dealkylation sites (N-methyl/N-ethyl adjacent to an activating group) is 1. The number of rotatable bonds is 5. The monoisotopic (exact) mass is 589 g/mol. The molecule has 3 aliphatic carbocycles. The lowest BCUT2D eigenvalue weighted by Gasteiger charge is -2.50. The molecule has 1 fully saturated rings. The van der Waals surface area contributed by atoms with Crippen LogP contribution in [0.2, 0.25) is 0 Å². The molecule has 6 rings (SSSR count). The number of allylic oxidation sites excluding steroid dienone is 1. The molecule has 1 saturated heterocycles. The van der Waals surface area contributed by atoms with Crippen LogP contribution in [-0.4, -0.2) is 99.7 Å². The third-order valence-corrected chi connectivity index (χ3v) is 9.35. The van der Waals surface area contributed by atoms with Gasteiger partial charge in [0.05, 0.1) is 24.8 Å². The van der Waals surface area contributed by atoms with Crippen LogP contribution < -0.4 is 5.73 Å². The minimum Gasteiger partial charge on any atom is -0.510 e. The molecule has 4 atom stereocenters. The molecule has 1 aliphatic heterocycles. The van der Waals surface area contributed by atoms with Gasteiger partial charge < -0.3 is 30.9 Å². The van der Waals surface area contributed by atoms with Crippen LogP contribution in [0.5, 0.6) is 5.75 Å². The molecule has 0 bridgehead atoms. The lowest BCUT2D eigenvalue weighted by atomic mass is 9.58. The van der Waals surface area contributed by atoms with Crippen molar-refractivity contribution in [1.82, 2.24) is 9.80 Å². The van der Waals surface area contributed by atoms with E-state index < -0.39 is 58.0 Å². The maximum atomic E-state index is 14.0. The Kier molecular flexibility index (Phi) is 7.16. The number of aliphatic hydroxyl groups is 3. The number of carbonyl (C=O) groups excluding carboxylic acids is 3. The molecule has 6 N–H and O–H groups in total. The summed E-state index contributed by atoms with van der Waals surface area (Å²) >= 11 is 0. The van der Waals surface area contributed by atoms with Gasteiger partial charge in [-0.1, -0.05) is 24.3 Å². The molecule has 0 spiro atoms. The number of amides is 1. The zero-order valence-corrected chi connectivity index (χ0v) is 24.0. The average molecular weight is 590 g/mol. The van der Waals surface area contributed by atoms with Gasteiger partial charge in [-0.25, -0.2) is 0 Å². The number of primary amides is 1. The second kappa shape index (κ2) is 10.6. The van der Waals surface area contributed by atoms with Crippen LogP contribution in [0, 0.1) is 11.8 Å². The van der Waals surface area contributed by atoms with Crippen LogP contribution >= 0.6 is 0 Å². The number of nitrogens with two attached hydrogens (primary N) is 1. The number of aromatic hydroxyl groups is 1. The SMILES string of the molecule is CN(C)[C@H]1C(O)=C(C(N)=O)C(=O)[C@]2(O)C(O)=C3C(=O)c4c(O)ccc(-c5cccc(CN6CCOCC6)c5)c4C[C@@H]3C[C@H]12. The topological polar surface area (TPSA) is 174 Å². The molecule has 0 saturated carbocycles. The number of carbonyl (C=O) groups is 3. The molecule has 2 aromatic carbocycles. The van der Waals surface area contributed by atoms with Crippen molar-refractivity contribution in [3.63, 3.8) is 0 Å². The zero-order valence-electron chi connectivity index (χ0n) is 24.0. The van der Waals surface area contributed by atoms with E-state index >= 15 is 0 Å². The number of ether oxygens (including phenoxy) is 1. The first-order chi connectivity index (χ1) is 20.4. The molecule has 0 radical (unpaired) electrons. The molecular formula is C32H35N3O8. The van der Waals surface area contributed by atoms with E-state index in [0.29, 0.717) is 18.8 Å². The van der Waals surface area contributed by atoms with Crippen molar-refractivity contribution in [2.45, 2.75) is 31.0 Å². The molecule has 11 heteroatoms. The minimum absolute atomic E-state index is 0.00290. The van der Waals surface area contributed by atoms with Gasteiger partial charge in [-0.15, -0.1) is 0 Å². The van der Waals surface area contributed by atoms with E-state index in [-0.39, 0.29) is 29.7 Å². The summed E-state index contributed by atoms with van der Waals surface area (Å²) in [5, 5.41) is 45.1. The fourth-order valence-electron chi connectivity index (χ4n) is 7.38. The first-order valence-electron chi connectivity index (χ1n) is 14.3. The molecule has 2 aromatic rings. The molecule has 0 unspecified atom stereocenters. The van der Waals surface area contributed by atoms with Gasteiger partial charge in [0.15, 0.2) is 11.4 Å². The van der Waals surface area contributed by atoms with Gasteiger partial charge in [-0.2, -0.15) is 0 Å². The molecule has 11 nitrogen and oxygen atoms in total. The Hall–Kier alpha value is -4.03. The van der Waals surface area contributed by atoms with Crippen LogP contribution in [-0.2, 0) is 27.3 Å². The van der Waals surface area contributed by atoms with Gasteiger partial charge in [0.25, 0.3) is 5.91 Å². The van der Waals surface area contributed by atoms with Crippen LogP contribution in [0.4, 0.5) is 0 Å².